The minimum atomic E-state index is 0.833. The molecule has 0 saturated heterocycles. The van der Waals surface area contributed by atoms with Gasteiger partial charge >= 0.3 is 0 Å². The maximum absolute atomic E-state index is 2.29. The molecular formula is C8H17. The summed E-state index contributed by atoms with van der Waals surface area (Å²) >= 11 is 0. The van der Waals surface area contributed by atoms with Gasteiger partial charge in [-0.25, -0.2) is 0 Å². The Kier molecular flexibility index (Phi) is 3.94. The van der Waals surface area contributed by atoms with Gasteiger partial charge in [0.1, 0.15) is 0 Å². The van der Waals surface area contributed by atoms with Crippen molar-refractivity contribution in [3.05, 3.63) is 5.92 Å². The Morgan fingerprint density at radius 3 is 2.00 bits per heavy atom. The molecule has 0 N–H and O–H groups in total. The smallest absolute Gasteiger partial charge is 0.0247 e. The molecule has 0 aromatic rings. The Hall–Kier alpha value is 0. The van der Waals surface area contributed by atoms with Crippen LogP contribution in [0.15, 0.2) is 0 Å². The summed E-state index contributed by atoms with van der Waals surface area (Å²) in [6, 6.07) is 0. The molecular weight excluding hydrogens is 96.1 g/mol. The van der Waals surface area contributed by atoms with E-state index in [1.165, 1.54) is 12.8 Å². The maximum Gasteiger partial charge on any atom is -0.0247 e. The Labute approximate surface area is 53.3 Å². The van der Waals surface area contributed by atoms with E-state index in [0.717, 1.165) is 5.92 Å². The molecule has 0 aliphatic heterocycles. The van der Waals surface area contributed by atoms with Crippen molar-refractivity contribution in [1.29, 1.82) is 0 Å². The zero-order chi connectivity index (χ0) is 6.57. The molecule has 8 heavy (non-hydrogen) atoms. The zero-order valence-corrected chi connectivity index (χ0v) is 6.49. The van der Waals surface area contributed by atoms with Gasteiger partial charge in [-0.2, -0.15) is 0 Å². The second-order valence-corrected chi connectivity index (χ2v) is 2.51. The fourth-order valence-corrected chi connectivity index (χ4v) is 0.697. The third kappa shape index (κ3) is 2.34. The Morgan fingerprint density at radius 2 is 1.88 bits per heavy atom. The van der Waals surface area contributed by atoms with E-state index in [1.54, 1.807) is 5.92 Å². The maximum atomic E-state index is 2.29. The monoisotopic (exact) mass is 113 g/mol. The lowest BCUT2D eigenvalue weighted by Gasteiger charge is -2.14. The van der Waals surface area contributed by atoms with Gasteiger partial charge < -0.3 is 0 Å². The van der Waals surface area contributed by atoms with Gasteiger partial charge in [0.05, 0.1) is 0 Å². The number of hydrogen-bond acceptors (Lipinski definition) is 0. The van der Waals surface area contributed by atoms with E-state index in [0.29, 0.717) is 0 Å². The van der Waals surface area contributed by atoms with E-state index < -0.39 is 0 Å². The topological polar surface area (TPSA) is 0 Å². The van der Waals surface area contributed by atoms with Crippen LogP contribution in [-0.2, 0) is 0 Å². The lowest BCUT2D eigenvalue weighted by atomic mass is 9.92. The van der Waals surface area contributed by atoms with Gasteiger partial charge in [0.2, 0.25) is 0 Å². The SMILES string of the molecule is CC[C](C)[C@@H](C)CC. The Bertz CT molecular complexity index is 40.0. The van der Waals surface area contributed by atoms with Crippen LogP contribution in [0.25, 0.3) is 0 Å². The van der Waals surface area contributed by atoms with Crippen LogP contribution >= 0.6 is 0 Å². The number of rotatable bonds is 3. The van der Waals surface area contributed by atoms with Gasteiger partial charge in [0.15, 0.2) is 0 Å². The van der Waals surface area contributed by atoms with Crippen LogP contribution in [0.5, 0.6) is 0 Å². The fourth-order valence-electron chi connectivity index (χ4n) is 0.697. The molecule has 1 radical (unpaired) electrons. The van der Waals surface area contributed by atoms with E-state index in [2.05, 4.69) is 27.7 Å². The second kappa shape index (κ2) is 3.94. The molecule has 0 amide bonds. The average Bonchev–Trinajstić information content (AvgIpc) is 1.84. The highest BCUT2D eigenvalue weighted by molar-refractivity contribution is 4.86. The molecule has 0 heteroatoms. The summed E-state index contributed by atoms with van der Waals surface area (Å²) < 4.78 is 0. The van der Waals surface area contributed by atoms with Crippen LogP contribution in [0.3, 0.4) is 0 Å². The normalized spacial score (nSPS) is 14.6. The molecule has 0 aromatic carbocycles. The third-order valence-corrected chi connectivity index (χ3v) is 2.01. The molecule has 0 unspecified atom stereocenters. The highest BCUT2D eigenvalue weighted by Crippen LogP contribution is 2.18. The summed E-state index contributed by atoms with van der Waals surface area (Å²) in [6.45, 7) is 9.00. The molecule has 0 aliphatic carbocycles. The molecule has 0 nitrogen and oxygen atoms in total. The van der Waals surface area contributed by atoms with Gasteiger partial charge in [0, 0.05) is 0 Å². The zero-order valence-electron chi connectivity index (χ0n) is 6.49. The Balaban J connectivity index is 3.29. The van der Waals surface area contributed by atoms with Crippen LogP contribution in [-0.4, -0.2) is 0 Å². The van der Waals surface area contributed by atoms with Gasteiger partial charge in [-0.1, -0.05) is 34.1 Å². The predicted molar refractivity (Wildman–Crippen MR) is 38.7 cm³/mol. The lowest BCUT2D eigenvalue weighted by molar-refractivity contribution is 0.553. The molecule has 0 rings (SSSR count). The van der Waals surface area contributed by atoms with Crippen LogP contribution in [0.2, 0.25) is 0 Å². The van der Waals surface area contributed by atoms with E-state index in [-0.39, 0.29) is 0 Å². The van der Waals surface area contributed by atoms with Crippen LogP contribution in [0, 0.1) is 11.8 Å². The largest absolute Gasteiger partial charge is 0.0651 e. The summed E-state index contributed by atoms with van der Waals surface area (Å²) in [5.41, 5.74) is 0. The van der Waals surface area contributed by atoms with Crippen molar-refractivity contribution in [3.63, 3.8) is 0 Å². The highest BCUT2D eigenvalue weighted by atomic mass is 14.1. The van der Waals surface area contributed by atoms with Crippen molar-refractivity contribution in [3.8, 4) is 0 Å². The third-order valence-electron chi connectivity index (χ3n) is 2.01. The quantitative estimate of drug-likeness (QED) is 0.527. The first-order valence-corrected chi connectivity index (χ1v) is 3.54. The number of hydrogen-bond donors (Lipinski definition) is 0. The lowest BCUT2D eigenvalue weighted by Crippen LogP contribution is -2.01. The molecule has 0 aliphatic rings. The van der Waals surface area contributed by atoms with E-state index >= 15 is 0 Å². The van der Waals surface area contributed by atoms with Crippen LogP contribution in [0.1, 0.15) is 40.5 Å². The van der Waals surface area contributed by atoms with E-state index in [4.69, 9.17) is 0 Å². The summed E-state index contributed by atoms with van der Waals surface area (Å²) in [5, 5.41) is 0. The average molecular weight is 113 g/mol. The van der Waals surface area contributed by atoms with Crippen molar-refractivity contribution in [2.75, 3.05) is 0 Å². The highest BCUT2D eigenvalue weighted by Gasteiger charge is 2.06. The van der Waals surface area contributed by atoms with Crippen LogP contribution in [0.4, 0.5) is 0 Å². The van der Waals surface area contributed by atoms with Crippen molar-refractivity contribution < 1.29 is 0 Å². The fraction of sp³-hybridized carbons (Fsp3) is 0.875. The summed E-state index contributed by atoms with van der Waals surface area (Å²) in [6.07, 6.45) is 2.54. The van der Waals surface area contributed by atoms with Gasteiger partial charge in [-0.05, 0) is 18.3 Å². The van der Waals surface area contributed by atoms with Crippen molar-refractivity contribution in [2.24, 2.45) is 5.92 Å². The van der Waals surface area contributed by atoms with Crippen molar-refractivity contribution >= 4 is 0 Å². The molecule has 0 fully saturated rings. The summed E-state index contributed by atoms with van der Waals surface area (Å²) in [5.74, 6) is 2.47. The van der Waals surface area contributed by atoms with E-state index in [9.17, 15) is 0 Å². The Morgan fingerprint density at radius 1 is 1.38 bits per heavy atom. The second-order valence-electron chi connectivity index (χ2n) is 2.51. The standard InChI is InChI=1S/C8H17/c1-5-7(3)8(4)6-2/h7H,5-6H2,1-4H3/t7-/m0/s1. The van der Waals surface area contributed by atoms with Crippen molar-refractivity contribution in [2.45, 2.75) is 40.5 Å². The minimum absolute atomic E-state index is 0.833. The summed E-state index contributed by atoms with van der Waals surface area (Å²) in [7, 11) is 0. The first-order chi connectivity index (χ1) is 3.72. The molecule has 0 spiro atoms. The van der Waals surface area contributed by atoms with Gasteiger partial charge in [-0.15, -0.1) is 0 Å². The summed E-state index contributed by atoms with van der Waals surface area (Å²) in [4.78, 5) is 0. The van der Waals surface area contributed by atoms with Crippen molar-refractivity contribution in [1.82, 2.24) is 0 Å². The molecule has 0 saturated carbocycles. The molecule has 49 valence electrons. The molecule has 0 bridgehead atoms. The molecule has 1 atom stereocenters. The van der Waals surface area contributed by atoms with Gasteiger partial charge in [0.25, 0.3) is 0 Å². The molecule has 0 heterocycles. The first kappa shape index (κ1) is 8.00. The predicted octanol–water partition coefficient (Wildman–Crippen LogP) is 3.04. The van der Waals surface area contributed by atoms with Crippen LogP contribution < -0.4 is 0 Å². The minimum Gasteiger partial charge on any atom is -0.0651 e. The van der Waals surface area contributed by atoms with E-state index in [1.807, 2.05) is 0 Å². The first-order valence-electron chi connectivity index (χ1n) is 3.54. The van der Waals surface area contributed by atoms with Gasteiger partial charge in [-0.3, -0.25) is 0 Å². The molecule has 0 aromatic heterocycles.